The van der Waals surface area contributed by atoms with Crippen LogP contribution in [0, 0.1) is 5.41 Å². The summed E-state index contributed by atoms with van der Waals surface area (Å²) in [4.78, 5) is 14.6. The van der Waals surface area contributed by atoms with E-state index in [1.165, 1.54) is 17.4 Å². The fraction of sp³-hybridized carbons (Fsp3) is 0.741. The molecule has 1 aliphatic carbocycles. The van der Waals surface area contributed by atoms with E-state index in [1.54, 1.807) is 0 Å². The van der Waals surface area contributed by atoms with Gasteiger partial charge >= 0.3 is 6.18 Å². The number of amides is 1. The Bertz CT molecular complexity index is 851. The quantitative estimate of drug-likeness (QED) is 0.497. The Balaban J connectivity index is 0.000000850. The number of aliphatic hydroxyl groups is 1. The Hall–Kier alpha value is -1.71. The van der Waals surface area contributed by atoms with Gasteiger partial charge in [-0.3, -0.25) is 4.79 Å². The van der Waals surface area contributed by atoms with Gasteiger partial charge in [-0.15, -0.1) is 0 Å². The van der Waals surface area contributed by atoms with Gasteiger partial charge in [-0.1, -0.05) is 47.1 Å². The monoisotopic (exact) mass is 518 g/mol. The molecule has 36 heavy (non-hydrogen) atoms. The van der Waals surface area contributed by atoms with Crippen LogP contribution in [0.2, 0.25) is 0 Å². The Morgan fingerprint density at radius 1 is 1.25 bits per heavy atom. The Morgan fingerprint density at radius 3 is 2.53 bits per heavy atom. The summed E-state index contributed by atoms with van der Waals surface area (Å²) in [6.45, 7) is 10.9. The molecule has 0 radical (unpaired) electrons. The lowest BCUT2D eigenvalue weighted by atomic mass is 9.85. The van der Waals surface area contributed by atoms with Crippen LogP contribution in [-0.2, 0) is 22.1 Å². The van der Waals surface area contributed by atoms with Gasteiger partial charge in [0.1, 0.15) is 6.17 Å². The molecular weight excluding hydrogens is 476 g/mol. The second-order valence-corrected chi connectivity index (χ2v) is 9.89. The van der Waals surface area contributed by atoms with Gasteiger partial charge in [0.05, 0.1) is 12.2 Å². The Kier molecular flexibility index (Phi) is 11.2. The van der Waals surface area contributed by atoms with Crippen LogP contribution in [0.3, 0.4) is 0 Å². The van der Waals surface area contributed by atoms with E-state index in [0.29, 0.717) is 44.3 Å². The molecule has 1 saturated heterocycles. The molecule has 0 bridgehead atoms. The second kappa shape index (κ2) is 13.2. The largest absolute Gasteiger partial charge is 0.416 e. The van der Waals surface area contributed by atoms with E-state index < -0.39 is 29.6 Å². The highest BCUT2D eigenvalue weighted by atomic mass is 19.4. The highest BCUT2D eigenvalue weighted by Crippen LogP contribution is 2.43. The molecule has 2 heterocycles. The maximum Gasteiger partial charge on any atom is 0.416 e. The van der Waals surface area contributed by atoms with Gasteiger partial charge in [0.15, 0.2) is 6.23 Å². The fourth-order valence-electron chi connectivity index (χ4n) is 5.10. The number of rotatable bonds is 3. The van der Waals surface area contributed by atoms with Crippen molar-refractivity contribution in [2.45, 2.75) is 104 Å². The van der Waals surface area contributed by atoms with E-state index in [0.717, 1.165) is 12.1 Å². The summed E-state index contributed by atoms with van der Waals surface area (Å²) in [5, 5.41) is 14.1. The first-order valence-electron chi connectivity index (χ1n) is 13.2. The van der Waals surface area contributed by atoms with E-state index >= 15 is 0 Å². The van der Waals surface area contributed by atoms with Crippen LogP contribution in [0.25, 0.3) is 0 Å². The molecule has 0 aromatic heterocycles. The smallest absolute Gasteiger partial charge is 0.378 e. The highest BCUT2D eigenvalue weighted by Gasteiger charge is 2.46. The third-order valence-corrected chi connectivity index (χ3v) is 6.92. The first-order valence-corrected chi connectivity index (χ1v) is 13.2. The molecule has 4 rings (SSSR count). The molecule has 2 fully saturated rings. The molecule has 1 aromatic carbocycles. The van der Waals surface area contributed by atoms with Crippen LogP contribution in [0.1, 0.15) is 89.6 Å². The van der Waals surface area contributed by atoms with Crippen molar-refractivity contribution in [2.75, 3.05) is 19.8 Å². The number of ether oxygens (including phenoxy) is 1. The number of benzene rings is 1. The number of aliphatic hydroxyl groups excluding tert-OH is 1. The summed E-state index contributed by atoms with van der Waals surface area (Å²) in [6.07, 6.45) is -3.03. The number of hydrogen-bond donors (Lipinski definition) is 2. The molecule has 3 aliphatic rings. The lowest BCUT2D eigenvalue weighted by Gasteiger charge is -2.39. The zero-order valence-electron chi connectivity index (χ0n) is 22.1. The van der Waals surface area contributed by atoms with Gasteiger partial charge < -0.3 is 20.1 Å². The van der Waals surface area contributed by atoms with Gasteiger partial charge in [0.2, 0.25) is 5.91 Å². The van der Waals surface area contributed by atoms with Crippen molar-refractivity contribution in [1.82, 2.24) is 10.2 Å². The number of fused-ring (bicyclic) bond motifs is 1. The molecule has 9 heteroatoms. The normalized spacial score (nSPS) is 29.9. The molecule has 0 spiro atoms. The topological polar surface area (TPSA) is 61.8 Å². The van der Waals surface area contributed by atoms with Gasteiger partial charge in [-0.25, -0.2) is 4.39 Å². The van der Waals surface area contributed by atoms with Crippen LogP contribution in [0.5, 0.6) is 0 Å². The number of nitrogens with one attached hydrogen (secondary N) is 1. The Morgan fingerprint density at radius 2 is 1.92 bits per heavy atom. The number of carbonyl (C=O) groups is 1. The van der Waals surface area contributed by atoms with Gasteiger partial charge in [-0.05, 0) is 49.8 Å². The summed E-state index contributed by atoms with van der Waals surface area (Å²) in [6, 6.07) is 2.99. The predicted octanol–water partition coefficient (Wildman–Crippen LogP) is 5.80. The Labute approximate surface area is 212 Å². The van der Waals surface area contributed by atoms with Crippen molar-refractivity contribution in [3.8, 4) is 0 Å². The number of alkyl halides is 4. The maximum atomic E-state index is 14.1. The lowest BCUT2D eigenvalue weighted by Crippen LogP contribution is -2.49. The van der Waals surface area contributed by atoms with Crippen molar-refractivity contribution < 1.29 is 32.2 Å². The average Bonchev–Trinajstić information content (AvgIpc) is 3.23. The molecular formula is C27H42F4N2O3. The van der Waals surface area contributed by atoms with Crippen molar-refractivity contribution in [2.24, 2.45) is 5.41 Å². The minimum atomic E-state index is -4.52. The molecule has 2 aliphatic heterocycles. The molecule has 5 atom stereocenters. The number of nitrogens with zero attached hydrogens (tertiary/aromatic N) is 1. The number of hydrogen-bond acceptors (Lipinski definition) is 4. The third-order valence-electron chi connectivity index (χ3n) is 6.92. The van der Waals surface area contributed by atoms with Crippen LogP contribution >= 0.6 is 0 Å². The average molecular weight is 519 g/mol. The second-order valence-electron chi connectivity index (χ2n) is 9.89. The molecule has 1 amide bonds. The summed E-state index contributed by atoms with van der Waals surface area (Å²) in [5.41, 5.74) is -0.843. The SMILES string of the molecule is CC.CC1(C(=O)N2CCc3ccc(C(F)(F)F)cc3C2O)CCC(NC2CCOCC2F)C1.CCC. The van der Waals surface area contributed by atoms with Crippen molar-refractivity contribution in [3.05, 3.63) is 34.9 Å². The van der Waals surface area contributed by atoms with Crippen molar-refractivity contribution in [3.63, 3.8) is 0 Å². The van der Waals surface area contributed by atoms with E-state index in [1.807, 2.05) is 20.8 Å². The summed E-state index contributed by atoms with van der Waals surface area (Å²) in [5.74, 6) is -0.267. The minimum Gasteiger partial charge on any atom is -0.378 e. The van der Waals surface area contributed by atoms with Crippen LogP contribution in [-0.4, -0.2) is 53.9 Å². The van der Waals surface area contributed by atoms with Crippen LogP contribution in [0.15, 0.2) is 18.2 Å². The fourth-order valence-corrected chi connectivity index (χ4v) is 5.10. The molecule has 5 unspecified atom stereocenters. The van der Waals surface area contributed by atoms with Crippen LogP contribution < -0.4 is 5.32 Å². The van der Waals surface area contributed by atoms with Gasteiger partial charge in [0, 0.05) is 36.2 Å². The maximum absolute atomic E-state index is 14.1. The van der Waals surface area contributed by atoms with Crippen LogP contribution in [0.4, 0.5) is 17.6 Å². The number of carbonyl (C=O) groups excluding carboxylic acids is 1. The highest BCUT2D eigenvalue weighted by molar-refractivity contribution is 5.83. The zero-order valence-corrected chi connectivity index (χ0v) is 22.1. The molecule has 1 aromatic rings. The minimum absolute atomic E-state index is 0.0265. The standard InChI is InChI=1S/C22H28F4N2O3.C3H8.C2H6/c1-21(7-4-15(11-21)27-18-6-9-31-12-17(18)23)20(30)28-8-5-13-2-3-14(22(24,25)26)10-16(13)19(28)29;1-3-2;1-2/h2-3,10,15,17-19,27,29H,4-9,11-12H2,1H3;3H2,1-2H3;1-2H3. The molecule has 5 nitrogen and oxygen atoms in total. The van der Waals surface area contributed by atoms with Crippen molar-refractivity contribution in [1.29, 1.82) is 0 Å². The summed E-state index contributed by atoms with van der Waals surface area (Å²) in [7, 11) is 0. The van der Waals surface area contributed by atoms with E-state index in [4.69, 9.17) is 4.74 Å². The third kappa shape index (κ3) is 7.19. The zero-order chi connectivity index (χ0) is 27.1. The van der Waals surface area contributed by atoms with E-state index in [9.17, 15) is 27.5 Å². The molecule has 206 valence electrons. The molecule has 2 N–H and O–H groups in total. The van der Waals surface area contributed by atoms with Gasteiger partial charge in [0.25, 0.3) is 0 Å². The number of halogens is 4. The van der Waals surface area contributed by atoms with E-state index in [2.05, 4.69) is 19.2 Å². The summed E-state index contributed by atoms with van der Waals surface area (Å²) >= 11 is 0. The van der Waals surface area contributed by atoms with Crippen molar-refractivity contribution >= 4 is 5.91 Å². The molecule has 1 saturated carbocycles. The predicted molar refractivity (Wildman–Crippen MR) is 132 cm³/mol. The first-order chi connectivity index (χ1) is 17.0. The summed E-state index contributed by atoms with van der Waals surface area (Å²) < 4.78 is 58.5. The van der Waals surface area contributed by atoms with Gasteiger partial charge in [-0.2, -0.15) is 13.2 Å². The lowest BCUT2D eigenvalue weighted by molar-refractivity contribution is -0.153. The van der Waals surface area contributed by atoms with E-state index in [-0.39, 0.29) is 36.7 Å². The first kappa shape index (κ1) is 30.5.